The highest BCUT2D eigenvalue weighted by molar-refractivity contribution is 6.28. The summed E-state index contributed by atoms with van der Waals surface area (Å²) in [6, 6.07) is 3.80. The molecule has 0 spiro atoms. The topological polar surface area (TPSA) is 51.2 Å². The van der Waals surface area contributed by atoms with Gasteiger partial charge in [-0.3, -0.25) is 5.84 Å². The van der Waals surface area contributed by atoms with E-state index in [0.717, 1.165) is 29.9 Å². The Morgan fingerprint density at radius 1 is 1.41 bits per heavy atom. The van der Waals surface area contributed by atoms with Gasteiger partial charge < -0.3 is 4.42 Å². The lowest BCUT2D eigenvalue weighted by atomic mass is 9.84. The van der Waals surface area contributed by atoms with Gasteiger partial charge in [-0.05, 0) is 67.2 Å². The molecule has 4 atom stereocenters. The molecule has 2 aliphatic rings. The van der Waals surface area contributed by atoms with E-state index in [0.29, 0.717) is 5.22 Å². The third kappa shape index (κ3) is 2.24. The van der Waals surface area contributed by atoms with Crippen LogP contribution in [0, 0.1) is 17.8 Å². The van der Waals surface area contributed by atoms with Crippen molar-refractivity contribution in [2.75, 3.05) is 0 Å². The van der Waals surface area contributed by atoms with Crippen LogP contribution in [0.1, 0.15) is 43.9 Å². The van der Waals surface area contributed by atoms with Gasteiger partial charge in [-0.2, -0.15) is 0 Å². The van der Waals surface area contributed by atoms with E-state index in [1.54, 1.807) is 6.07 Å². The second-order valence-electron chi connectivity index (χ2n) is 5.53. The SMILES string of the molecule is NNC(CC1CC2CCC1C2)c1ccc(Cl)o1. The number of rotatable bonds is 4. The minimum Gasteiger partial charge on any atom is -0.448 e. The van der Waals surface area contributed by atoms with E-state index in [1.165, 1.54) is 25.7 Å². The first-order valence-corrected chi connectivity index (χ1v) is 6.85. The van der Waals surface area contributed by atoms with Crippen molar-refractivity contribution in [1.29, 1.82) is 0 Å². The maximum Gasteiger partial charge on any atom is 0.193 e. The van der Waals surface area contributed by atoms with Crippen molar-refractivity contribution in [3.8, 4) is 0 Å². The van der Waals surface area contributed by atoms with Crippen LogP contribution in [0.4, 0.5) is 0 Å². The zero-order valence-corrected chi connectivity index (χ0v) is 10.6. The van der Waals surface area contributed by atoms with Crippen molar-refractivity contribution >= 4 is 11.6 Å². The Balaban J connectivity index is 1.66. The number of hydrogen-bond acceptors (Lipinski definition) is 3. The van der Waals surface area contributed by atoms with Crippen LogP contribution in [-0.4, -0.2) is 0 Å². The molecule has 2 aliphatic carbocycles. The maximum absolute atomic E-state index is 5.81. The van der Waals surface area contributed by atoms with Crippen molar-refractivity contribution in [3.63, 3.8) is 0 Å². The first-order valence-electron chi connectivity index (χ1n) is 6.47. The van der Waals surface area contributed by atoms with E-state index in [1.807, 2.05) is 6.07 Å². The predicted octanol–water partition coefficient (Wildman–Crippen LogP) is 3.26. The molecule has 0 aliphatic heterocycles. The Bertz CT molecular complexity index is 393. The lowest BCUT2D eigenvalue weighted by Crippen LogP contribution is -2.30. The molecule has 2 fully saturated rings. The summed E-state index contributed by atoms with van der Waals surface area (Å²) in [4.78, 5) is 0. The molecule has 4 heteroatoms. The van der Waals surface area contributed by atoms with Crippen LogP contribution in [0.3, 0.4) is 0 Å². The smallest absolute Gasteiger partial charge is 0.193 e. The van der Waals surface area contributed by atoms with Crippen LogP contribution in [0.2, 0.25) is 5.22 Å². The van der Waals surface area contributed by atoms with Crippen molar-refractivity contribution < 1.29 is 4.42 Å². The minimum absolute atomic E-state index is 0.104. The Labute approximate surface area is 107 Å². The summed E-state index contributed by atoms with van der Waals surface area (Å²) in [6.07, 6.45) is 6.72. The third-order valence-corrected chi connectivity index (χ3v) is 4.76. The predicted molar refractivity (Wildman–Crippen MR) is 67.3 cm³/mol. The highest BCUT2D eigenvalue weighted by Gasteiger charge is 2.40. The van der Waals surface area contributed by atoms with Crippen LogP contribution in [-0.2, 0) is 0 Å². The van der Waals surface area contributed by atoms with Crippen LogP contribution in [0.25, 0.3) is 0 Å². The van der Waals surface area contributed by atoms with E-state index < -0.39 is 0 Å². The van der Waals surface area contributed by atoms with Crippen molar-refractivity contribution in [2.24, 2.45) is 23.6 Å². The van der Waals surface area contributed by atoms with Crippen molar-refractivity contribution in [2.45, 2.75) is 38.1 Å². The largest absolute Gasteiger partial charge is 0.448 e. The maximum atomic E-state index is 5.81. The van der Waals surface area contributed by atoms with Gasteiger partial charge in [0, 0.05) is 0 Å². The number of nitrogens with two attached hydrogens (primary N) is 1. The Kier molecular flexibility index (Phi) is 3.16. The zero-order chi connectivity index (χ0) is 11.8. The number of nitrogens with one attached hydrogen (secondary N) is 1. The molecule has 17 heavy (non-hydrogen) atoms. The fraction of sp³-hybridized carbons (Fsp3) is 0.692. The fourth-order valence-electron chi connectivity index (χ4n) is 3.75. The lowest BCUT2D eigenvalue weighted by molar-refractivity contribution is 0.264. The fourth-order valence-corrected chi connectivity index (χ4v) is 3.90. The first kappa shape index (κ1) is 11.6. The molecular formula is C13H19ClN2O. The summed E-state index contributed by atoms with van der Waals surface area (Å²) in [5.41, 5.74) is 2.87. The number of halogens is 1. The van der Waals surface area contributed by atoms with Gasteiger partial charge in [0.15, 0.2) is 5.22 Å². The molecule has 0 aromatic carbocycles. The molecule has 94 valence electrons. The molecule has 3 N–H and O–H groups in total. The summed E-state index contributed by atoms with van der Waals surface area (Å²) in [6.45, 7) is 0. The molecule has 3 nitrogen and oxygen atoms in total. The van der Waals surface area contributed by atoms with Crippen LogP contribution in [0.15, 0.2) is 16.5 Å². The molecular weight excluding hydrogens is 236 g/mol. The number of furan rings is 1. The van der Waals surface area contributed by atoms with E-state index in [2.05, 4.69) is 5.43 Å². The second-order valence-corrected chi connectivity index (χ2v) is 5.90. The van der Waals surface area contributed by atoms with Gasteiger partial charge in [-0.1, -0.05) is 6.42 Å². The van der Waals surface area contributed by atoms with Crippen LogP contribution >= 0.6 is 11.6 Å². The molecule has 0 radical (unpaired) electrons. The highest BCUT2D eigenvalue weighted by Crippen LogP contribution is 2.50. The summed E-state index contributed by atoms with van der Waals surface area (Å²) in [7, 11) is 0. The molecule has 1 heterocycles. The van der Waals surface area contributed by atoms with Crippen molar-refractivity contribution in [3.05, 3.63) is 23.1 Å². The van der Waals surface area contributed by atoms with Gasteiger partial charge in [0.2, 0.25) is 0 Å². The minimum atomic E-state index is 0.104. The van der Waals surface area contributed by atoms with Crippen molar-refractivity contribution in [1.82, 2.24) is 5.43 Å². The second kappa shape index (κ2) is 4.63. The van der Waals surface area contributed by atoms with Gasteiger partial charge in [0.25, 0.3) is 0 Å². The first-order chi connectivity index (χ1) is 8.26. The Morgan fingerprint density at radius 2 is 2.29 bits per heavy atom. The van der Waals surface area contributed by atoms with E-state index in [-0.39, 0.29) is 6.04 Å². The zero-order valence-electron chi connectivity index (χ0n) is 9.86. The molecule has 1 aromatic rings. The molecule has 0 amide bonds. The molecule has 4 unspecified atom stereocenters. The summed E-state index contributed by atoms with van der Waals surface area (Å²) in [5, 5.41) is 0.438. The van der Waals surface area contributed by atoms with Gasteiger partial charge in [0.1, 0.15) is 5.76 Å². The standard InChI is InChI=1S/C13H19ClN2O/c14-13-4-3-12(17-13)11(16-15)7-10-6-8-1-2-9(10)5-8/h3-4,8-11,16H,1-2,5-7,15H2. The number of hydrogen-bond donors (Lipinski definition) is 2. The molecule has 3 rings (SSSR count). The number of hydrazine groups is 1. The van der Waals surface area contributed by atoms with Gasteiger partial charge in [0.05, 0.1) is 6.04 Å². The summed E-state index contributed by atoms with van der Waals surface area (Å²) >= 11 is 5.81. The van der Waals surface area contributed by atoms with Gasteiger partial charge >= 0.3 is 0 Å². The normalized spacial score (nSPS) is 33.2. The summed E-state index contributed by atoms with van der Waals surface area (Å²) in [5.74, 6) is 9.20. The quantitative estimate of drug-likeness (QED) is 0.641. The highest BCUT2D eigenvalue weighted by atomic mass is 35.5. The average Bonchev–Trinajstić information content (AvgIpc) is 3.01. The summed E-state index contributed by atoms with van der Waals surface area (Å²) < 4.78 is 5.45. The lowest BCUT2D eigenvalue weighted by Gasteiger charge is -2.25. The Morgan fingerprint density at radius 3 is 2.82 bits per heavy atom. The van der Waals surface area contributed by atoms with E-state index in [9.17, 15) is 0 Å². The molecule has 2 saturated carbocycles. The monoisotopic (exact) mass is 254 g/mol. The van der Waals surface area contributed by atoms with Gasteiger partial charge in [-0.25, -0.2) is 5.43 Å². The van der Waals surface area contributed by atoms with Gasteiger partial charge in [-0.15, -0.1) is 0 Å². The van der Waals surface area contributed by atoms with E-state index in [4.69, 9.17) is 21.9 Å². The molecule has 0 saturated heterocycles. The molecule has 2 bridgehead atoms. The Hall–Kier alpha value is -0.510. The third-order valence-electron chi connectivity index (χ3n) is 4.56. The van der Waals surface area contributed by atoms with Crippen LogP contribution < -0.4 is 11.3 Å². The van der Waals surface area contributed by atoms with E-state index >= 15 is 0 Å². The molecule has 1 aromatic heterocycles. The number of fused-ring (bicyclic) bond motifs is 2. The van der Waals surface area contributed by atoms with Crippen LogP contribution in [0.5, 0.6) is 0 Å². The average molecular weight is 255 g/mol.